The number of rotatable bonds is 3. The lowest BCUT2D eigenvalue weighted by molar-refractivity contribution is -0.216. The van der Waals surface area contributed by atoms with Crippen molar-refractivity contribution in [1.82, 2.24) is 0 Å². The lowest BCUT2D eigenvalue weighted by Crippen LogP contribution is -2.09. The van der Waals surface area contributed by atoms with E-state index in [2.05, 4.69) is 9.78 Å². The van der Waals surface area contributed by atoms with Crippen LogP contribution >= 0.6 is 0 Å². The number of aryl methyl sites for hydroxylation is 1. The summed E-state index contributed by atoms with van der Waals surface area (Å²) in [6.45, 7) is 1.83. The monoisotopic (exact) mass is 211 g/mol. The predicted octanol–water partition coefficient (Wildman–Crippen LogP) is 1.30. The average molecular weight is 211 g/mol. The average Bonchev–Trinajstić information content (AvgIpc) is 2.18. The molecule has 0 amide bonds. The van der Waals surface area contributed by atoms with Gasteiger partial charge in [-0.05, 0) is 18.6 Å². The lowest BCUT2D eigenvalue weighted by Gasteiger charge is -2.10. The molecule has 0 aliphatic rings. The first kappa shape index (κ1) is 11.3. The number of nitrogen functional groups attached to an aromatic ring is 1. The van der Waals surface area contributed by atoms with Crippen molar-refractivity contribution in [2.75, 3.05) is 20.0 Å². The number of carbonyl (C=O) groups is 1. The standard InChI is InChI=1S/C10H13NO4/c1-6-4-5-7(10(12)15-14-3)8(11)9(6)13-2/h4-5H,11H2,1-3H3. The molecule has 1 rings (SSSR count). The zero-order chi connectivity index (χ0) is 11.4. The highest BCUT2D eigenvalue weighted by molar-refractivity contribution is 5.96. The summed E-state index contributed by atoms with van der Waals surface area (Å²) >= 11 is 0. The highest BCUT2D eigenvalue weighted by Gasteiger charge is 2.16. The van der Waals surface area contributed by atoms with Gasteiger partial charge in [-0.1, -0.05) is 6.07 Å². The van der Waals surface area contributed by atoms with E-state index in [1.807, 2.05) is 6.92 Å². The van der Waals surface area contributed by atoms with Gasteiger partial charge in [-0.25, -0.2) is 4.79 Å². The minimum atomic E-state index is -0.645. The first-order valence-corrected chi connectivity index (χ1v) is 4.29. The zero-order valence-electron chi connectivity index (χ0n) is 8.87. The van der Waals surface area contributed by atoms with Gasteiger partial charge in [0.05, 0.1) is 25.5 Å². The predicted molar refractivity (Wildman–Crippen MR) is 54.6 cm³/mol. The highest BCUT2D eigenvalue weighted by Crippen LogP contribution is 2.29. The molecule has 0 aromatic heterocycles. The molecule has 0 aliphatic carbocycles. The molecule has 0 fully saturated rings. The van der Waals surface area contributed by atoms with Gasteiger partial charge in [-0.3, -0.25) is 4.89 Å². The summed E-state index contributed by atoms with van der Waals surface area (Å²) in [4.78, 5) is 20.0. The number of hydrogen-bond donors (Lipinski definition) is 1. The van der Waals surface area contributed by atoms with Crippen molar-refractivity contribution < 1.29 is 19.3 Å². The van der Waals surface area contributed by atoms with Crippen LogP contribution in [-0.4, -0.2) is 20.2 Å². The van der Waals surface area contributed by atoms with Crippen LogP contribution in [0.3, 0.4) is 0 Å². The van der Waals surface area contributed by atoms with E-state index in [9.17, 15) is 4.79 Å². The second kappa shape index (κ2) is 4.65. The maximum Gasteiger partial charge on any atom is 0.375 e. The highest BCUT2D eigenvalue weighted by atomic mass is 17.2. The van der Waals surface area contributed by atoms with E-state index in [4.69, 9.17) is 10.5 Å². The summed E-state index contributed by atoms with van der Waals surface area (Å²) in [7, 11) is 2.74. The fourth-order valence-corrected chi connectivity index (χ4v) is 1.28. The molecular weight excluding hydrogens is 198 g/mol. The summed E-state index contributed by atoms with van der Waals surface area (Å²) in [6, 6.07) is 3.29. The minimum absolute atomic E-state index is 0.222. The third-order valence-corrected chi connectivity index (χ3v) is 1.98. The van der Waals surface area contributed by atoms with Crippen LogP contribution < -0.4 is 10.5 Å². The van der Waals surface area contributed by atoms with Gasteiger partial charge in [-0.2, -0.15) is 4.89 Å². The summed E-state index contributed by atoms with van der Waals surface area (Å²) in [5.74, 6) is -0.172. The van der Waals surface area contributed by atoms with Crippen molar-refractivity contribution in [3.05, 3.63) is 23.3 Å². The quantitative estimate of drug-likeness (QED) is 0.463. The zero-order valence-corrected chi connectivity index (χ0v) is 8.87. The Labute approximate surface area is 87.7 Å². The molecule has 1 aromatic rings. The Bertz CT molecular complexity index is 376. The molecular formula is C10H13NO4. The topological polar surface area (TPSA) is 70.8 Å². The Kier molecular flexibility index (Phi) is 3.51. The van der Waals surface area contributed by atoms with Crippen LogP contribution in [0.25, 0.3) is 0 Å². The van der Waals surface area contributed by atoms with E-state index in [1.54, 1.807) is 12.1 Å². The van der Waals surface area contributed by atoms with Gasteiger partial charge in [0.1, 0.15) is 5.75 Å². The fourth-order valence-electron chi connectivity index (χ4n) is 1.28. The third-order valence-electron chi connectivity index (χ3n) is 1.98. The Morgan fingerprint density at radius 2 is 2.00 bits per heavy atom. The van der Waals surface area contributed by atoms with E-state index < -0.39 is 5.97 Å². The Hall–Kier alpha value is -1.75. The van der Waals surface area contributed by atoms with Crippen LogP contribution in [0.2, 0.25) is 0 Å². The molecule has 0 bridgehead atoms. The van der Waals surface area contributed by atoms with Gasteiger partial charge in [0.25, 0.3) is 0 Å². The third kappa shape index (κ3) is 2.19. The van der Waals surface area contributed by atoms with Gasteiger partial charge in [0.15, 0.2) is 0 Å². The first-order valence-electron chi connectivity index (χ1n) is 4.29. The number of methoxy groups -OCH3 is 1. The molecule has 5 nitrogen and oxygen atoms in total. The summed E-state index contributed by atoms with van der Waals surface area (Å²) < 4.78 is 5.07. The maximum atomic E-state index is 11.4. The second-order valence-electron chi connectivity index (χ2n) is 2.91. The molecule has 0 spiro atoms. The number of anilines is 1. The second-order valence-corrected chi connectivity index (χ2v) is 2.91. The number of benzene rings is 1. The van der Waals surface area contributed by atoms with Crippen molar-refractivity contribution in [2.45, 2.75) is 6.92 Å². The van der Waals surface area contributed by atoms with Crippen LogP contribution in [0, 0.1) is 6.92 Å². The molecule has 2 N–H and O–H groups in total. The Morgan fingerprint density at radius 3 is 2.53 bits per heavy atom. The number of hydrogen-bond acceptors (Lipinski definition) is 5. The summed E-state index contributed by atoms with van der Waals surface area (Å²) in [5.41, 5.74) is 7.07. The molecule has 0 radical (unpaired) electrons. The van der Waals surface area contributed by atoms with Crippen LogP contribution in [-0.2, 0) is 9.78 Å². The van der Waals surface area contributed by atoms with Crippen LogP contribution in [0.5, 0.6) is 5.75 Å². The van der Waals surface area contributed by atoms with E-state index in [0.717, 1.165) is 5.56 Å². The molecule has 0 heterocycles. The van der Waals surface area contributed by atoms with Crippen LogP contribution in [0.4, 0.5) is 5.69 Å². The Balaban J connectivity index is 3.15. The number of ether oxygens (including phenoxy) is 1. The van der Waals surface area contributed by atoms with Crippen molar-refractivity contribution >= 4 is 11.7 Å². The molecule has 0 atom stereocenters. The molecule has 0 aliphatic heterocycles. The molecule has 0 unspecified atom stereocenters. The molecule has 15 heavy (non-hydrogen) atoms. The van der Waals surface area contributed by atoms with Gasteiger partial charge >= 0.3 is 5.97 Å². The van der Waals surface area contributed by atoms with Crippen LogP contribution in [0.15, 0.2) is 12.1 Å². The smallest absolute Gasteiger partial charge is 0.375 e. The van der Waals surface area contributed by atoms with E-state index >= 15 is 0 Å². The van der Waals surface area contributed by atoms with Gasteiger partial charge in [0.2, 0.25) is 0 Å². The summed E-state index contributed by atoms with van der Waals surface area (Å²) in [5, 5.41) is 0. The van der Waals surface area contributed by atoms with Crippen molar-refractivity contribution in [1.29, 1.82) is 0 Å². The largest absolute Gasteiger partial charge is 0.494 e. The normalized spacial score (nSPS) is 9.80. The van der Waals surface area contributed by atoms with E-state index in [0.29, 0.717) is 5.75 Å². The number of carbonyl (C=O) groups excluding carboxylic acids is 1. The summed E-state index contributed by atoms with van der Waals surface area (Å²) in [6.07, 6.45) is 0. The molecule has 0 saturated heterocycles. The van der Waals surface area contributed by atoms with Crippen molar-refractivity contribution in [2.24, 2.45) is 0 Å². The van der Waals surface area contributed by atoms with E-state index in [-0.39, 0.29) is 11.3 Å². The van der Waals surface area contributed by atoms with Gasteiger partial charge < -0.3 is 10.5 Å². The maximum absolute atomic E-state index is 11.4. The molecule has 82 valence electrons. The first-order chi connectivity index (χ1) is 7.11. The van der Waals surface area contributed by atoms with Crippen LogP contribution in [0.1, 0.15) is 15.9 Å². The minimum Gasteiger partial charge on any atom is -0.494 e. The van der Waals surface area contributed by atoms with E-state index in [1.165, 1.54) is 14.2 Å². The molecule has 5 heteroatoms. The molecule has 0 saturated carbocycles. The van der Waals surface area contributed by atoms with Gasteiger partial charge in [0, 0.05) is 0 Å². The number of nitrogens with two attached hydrogens (primary N) is 1. The molecule has 1 aromatic carbocycles. The SMILES string of the molecule is COOC(=O)c1ccc(C)c(OC)c1N. The lowest BCUT2D eigenvalue weighted by atomic mass is 10.1. The van der Waals surface area contributed by atoms with Crippen molar-refractivity contribution in [3.8, 4) is 5.75 Å². The van der Waals surface area contributed by atoms with Crippen molar-refractivity contribution in [3.63, 3.8) is 0 Å². The Morgan fingerprint density at radius 1 is 1.33 bits per heavy atom. The fraction of sp³-hybridized carbons (Fsp3) is 0.300. The van der Waals surface area contributed by atoms with Gasteiger partial charge in [-0.15, -0.1) is 0 Å².